The van der Waals surface area contributed by atoms with Crippen LogP contribution in [0.5, 0.6) is 0 Å². The number of nitrogens with one attached hydrogen (secondary N) is 1. The SMILES string of the molecule is O=C(O)CN1CCC2(CC1)OCCc1sc(C(=O)NCc3ccncc3)cc12. The number of pyridine rings is 1. The van der Waals surface area contributed by atoms with Gasteiger partial charge < -0.3 is 15.2 Å². The van der Waals surface area contributed by atoms with Crippen molar-refractivity contribution in [2.45, 2.75) is 31.4 Å². The Bertz CT molecular complexity index is 860. The Morgan fingerprint density at radius 3 is 2.75 bits per heavy atom. The maximum absolute atomic E-state index is 12.6. The minimum absolute atomic E-state index is 0.0647. The first-order chi connectivity index (χ1) is 13.6. The molecule has 0 aliphatic carbocycles. The normalized spacial score (nSPS) is 18.6. The summed E-state index contributed by atoms with van der Waals surface area (Å²) >= 11 is 1.55. The number of aromatic nitrogens is 1. The maximum atomic E-state index is 12.6. The van der Waals surface area contributed by atoms with E-state index in [1.54, 1.807) is 23.7 Å². The Hall–Kier alpha value is -2.29. The molecule has 0 atom stereocenters. The van der Waals surface area contributed by atoms with Crippen molar-refractivity contribution in [2.75, 3.05) is 26.2 Å². The highest BCUT2D eigenvalue weighted by atomic mass is 32.1. The Kier molecular flexibility index (Phi) is 5.43. The van der Waals surface area contributed by atoms with E-state index in [0.717, 1.165) is 30.4 Å². The monoisotopic (exact) mass is 401 g/mol. The van der Waals surface area contributed by atoms with Crippen molar-refractivity contribution in [1.82, 2.24) is 15.2 Å². The third-order valence-electron chi connectivity index (χ3n) is 5.46. The molecule has 2 aliphatic heterocycles. The summed E-state index contributed by atoms with van der Waals surface area (Å²) in [6, 6.07) is 5.74. The summed E-state index contributed by atoms with van der Waals surface area (Å²) in [5, 5.41) is 12.0. The van der Waals surface area contributed by atoms with E-state index in [-0.39, 0.29) is 18.1 Å². The molecule has 4 rings (SSSR count). The Morgan fingerprint density at radius 1 is 1.29 bits per heavy atom. The van der Waals surface area contributed by atoms with Crippen LogP contribution in [0, 0.1) is 0 Å². The van der Waals surface area contributed by atoms with Gasteiger partial charge in [0.1, 0.15) is 0 Å². The molecular weight excluding hydrogens is 378 g/mol. The van der Waals surface area contributed by atoms with Gasteiger partial charge in [-0.3, -0.25) is 19.5 Å². The highest BCUT2D eigenvalue weighted by Crippen LogP contribution is 2.44. The number of rotatable bonds is 5. The number of aliphatic carboxylic acids is 1. The molecule has 0 bridgehead atoms. The zero-order valence-corrected chi connectivity index (χ0v) is 16.3. The lowest BCUT2D eigenvalue weighted by molar-refractivity contribution is -0.141. The Morgan fingerprint density at radius 2 is 2.04 bits per heavy atom. The van der Waals surface area contributed by atoms with Crippen LogP contribution in [0.3, 0.4) is 0 Å². The van der Waals surface area contributed by atoms with Crippen LogP contribution >= 0.6 is 11.3 Å². The zero-order valence-electron chi connectivity index (χ0n) is 15.5. The molecule has 1 fully saturated rings. The number of amides is 1. The molecule has 1 spiro atoms. The van der Waals surface area contributed by atoms with Crippen LogP contribution < -0.4 is 5.32 Å². The highest BCUT2D eigenvalue weighted by molar-refractivity contribution is 7.14. The Labute approximate surface area is 167 Å². The standard InChI is InChI=1S/C20H23N3O4S/c24-18(25)13-23-8-4-20(5-9-23)15-11-17(28-16(15)3-10-27-20)19(26)22-12-14-1-6-21-7-2-14/h1-2,6-7,11H,3-5,8-10,12-13H2,(H,22,26)(H,24,25). The van der Waals surface area contributed by atoms with E-state index in [2.05, 4.69) is 10.3 Å². The van der Waals surface area contributed by atoms with Crippen LogP contribution in [0.2, 0.25) is 0 Å². The topological polar surface area (TPSA) is 91.8 Å². The van der Waals surface area contributed by atoms with E-state index >= 15 is 0 Å². The molecule has 8 heteroatoms. The molecule has 148 valence electrons. The van der Waals surface area contributed by atoms with Gasteiger partial charge in [-0.1, -0.05) is 0 Å². The van der Waals surface area contributed by atoms with Crippen LogP contribution in [-0.2, 0) is 28.1 Å². The van der Waals surface area contributed by atoms with Crippen molar-refractivity contribution in [3.05, 3.63) is 51.5 Å². The number of carboxylic acid groups (broad SMARTS) is 1. The van der Waals surface area contributed by atoms with Gasteiger partial charge in [0.25, 0.3) is 5.91 Å². The maximum Gasteiger partial charge on any atom is 0.317 e. The molecule has 2 aromatic heterocycles. The van der Waals surface area contributed by atoms with Gasteiger partial charge in [-0.25, -0.2) is 0 Å². The summed E-state index contributed by atoms with van der Waals surface area (Å²) in [4.78, 5) is 31.5. The van der Waals surface area contributed by atoms with E-state index in [4.69, 9.17) is 9.84 Å². The Balaban J connectivity index is 1.46. The van der Waals surface area contributed by atoms with Crippen LogP contribution in [0.15, 0.2) is 30.6 Å². The largest absolute Gasteiger partial charge is 0.480 e. The lowest BCUT2D eigenvalue weighted by atomic mass is 9.82. The van der Waals surface area contributed by atoms with Crippen LogP contribution in [-0.4, -0.2) is 53.1 Å². The zero-order chi connectivity index (χ0) is 19.6. The van der Waals surface area contributed by atoms with E-state index in [9.17, 15) is 9.59 Å². The number of carbonyl (C=O) groups excluding carboxylic acids is 1. The summed E-state index contributed by atoms with van der Waals surface area (Å²) in [6.45, 7) is 2.55. The second kappa shape index (κ2) is 7.98. The fourth-order valence-electron chi connectivity index (χ4n) is 3.98. The quantitative estimate of drug-likeness (QED) is 0.797. The first kappa shape index (κ1) is 19.0. The fourth-order valence-corrected chi connectivity index (χ4v) is 5.12. The number of likely N-dealkylation sites (tertiary alicyclic amines) is 1. The number of hydrogen-bond acceptors (Lipinski definition) is 6. The molecule has 28 heavy (non-hydrogen) atoms. The van der Waals surface area contributed by atoms with Gasteiger partial charge in [-0.05, 0) is 42.2 Å². The third kappa shape index (κ3) is 3.94. The fraction of sp³-hybridized carbons (Fsp3) is 0.450. The molecular formula is C20H23N3O4S. The number of ether oxygens (including phenoxy) is 1. The second-order valence-electron chi connectivity index (χ2n) is 7.25. The average molecular weight is 401 g/mol. The van der Waals surface area contributed by atoms with Crippen LogP contribution in [0.25, 0.3) is 0 Å². The first-order valence-electron chi connectivity index (χ1n) is 9.44. The summed E-state index contributed by atoms with van der Waals surface area (Å²) in [5.74, 6) is -0.875. The number of hydrogen-bond donors (Lipinski definition) is 2. The van der Waals surface area contributed by atoms with Gasteiger partial charge in [0, 0.05) is 43.3 Å². The molecule has 0 radical (unpaired) electrons. The van der Waals surface area contributed by atoms with Crippen molar-refractivity contribution in [2.24, 2.45) is 0 Å². The van der Waals surface area contributed by atoms with Gasteiger partial charge in [0.2, 0.25) is 0 Å². The number of carbonyl (C=O) groups is 2. The number of piperidine rings is 1. The van der Waals surface area contributed by atoms with Crippen LogP contribution in [0.4, 0.5) is 0 Å². The summed E-state index contributed by atoms with van der Waals surface area (Å²) < 4.78 is 6.20. The second-order valence-corrected chi connectivity index (χ2v) is 8.39. The van der Waals surface area contributed by atoms with Crippen molar-refractivity contribution in [3.63, 3.8) is 0 Å². The molecule has 2 N–H and O–H groups in total. The summed E-state index contributed by atoms with van der Waals surface area (Å²) in [5.41, 5.74) is 1.74. The lowest BCUT2D eigenvalue weighted by Gasteiger charge is -2.43. The molecule has 1 saturated heterocycles. The van der Waals surface area contributed by atoms with Gasteiger partial charge in [-0.2, -0.15) is 0 Å². The minimum Gasteiger partial charge on any atom is -0.480 e. The molecule has 2 aliphatic rings. The molecule has 1 amide bonds. The molecule has 0 saturated carbocycles. The third-order valence-corrected chi connectivity index (χ3v) is 6.65. The minimum atomic E-state index is -0.801. The van der Waals surface area contributed by atoms with Crippen LogP contribution in [0.1, 0.15) is 38.5 Å². The van der Waals surface area contributed by atoms with Gasteiger partial charge in [0.05, 0.1) is 23.6 Å². The summed E-state index contributed by atoms with van der Waals surface area (Å²) in [7, 11) is 0. The molecule has 0 unspecified atom stereocenters. The average Bonchev–Trinajstić information content (AvgIpc) is 3.15. The molecule has 2 aromatic rings. The van der Waals surface area contributed by atoms with Crippen molar-refractivity contribution in [1.29, 1.82) is 0 Å². The molecule has 7 nitrogen and oxygen atoms in total. The number of nitrogens with zero attached hydrogens (tertiary/aromatic N) is 2. The highest BCUT2D eigenvalue weighted by Gasteiger charge is 2.42. The smallest absolute Gasteiger partial charge is 0.317 e. The first-order valence-corrected chi connectivity index (χ1v) is 10.3. The van der Waals surface area contributed by atoms with Gasteiger partial charge >= 0.3 is 5.97 Å². The van der Waals surface area contributed by atoms with E-state index in [1.165, 1.54) is 4.88 Å². The lowest BCUT2D eigenvalue weighted by Crippen LogP contribution is -2.47. The van der Waals surface area contributed by atoms with E-state index in [0.29, 0.717) is 31.1 Å². The van der Waals surface area contributed by atoms with Gasteiger partial charge in [-0.15, -0.1) is 11.3 Å². The van der Waals surface area contributed by atoms with Crippen molar-refractivity contribution >= 4 is 23.2 Å². The number of carboxylic acids is 1. The van der Waals surface area contributed by atoms with Crippen molar-refractivity contribution < 1.29 is 19.4 Å². The van der Waals surface area contributed by atoms with Gasteiger partial charge in [0.15, 0.2) is 0 Å². The van der Waals surface area contributed by atoms with E-state index < -0.39 is 5.97 Å². The van der Waals surface area contributed by atoms with E-state index in [1.807, 2.05) is 23.1 Å². The molecule has 0 aromatic carbocycles. The molecule has 4 heterocycles. The number of thiophene rings is 1. The predicted molar refractivity (Wildman–Crippen MR) is 104 cm³/mol. The predicted octanol–water partition coefficient (Wildman–Crippen LogP) is 2.02. The van der Waals surface area contributed by atoms with Crippen molar-refractivity contribution in [3.8, 4) is 0 Å². The number of fused-ring (bicyclic) bond motifs is 2. The summed E-state index contributed by atoms with van der Waals surface area (Å²) in [6.07, 6.45) is 5.74.